The van der Waals surface area contributed by atoms with Gasteiger partial charge in [-0.2, -0.15) is 0 Å². The molecule has 0 saturated heterocycles. The summed E-state index contributed by atoms with van der Waals surface area (Å²) >= 11 is 6.64. The van der Waals surface area contributed by atoms with Gasteiger partial charge in [-0.1, -0.05) is 73.1 Å². The SMILES string of the molecule is CCOC(=O)C(CC)(CCCc1ccc(Cc2cccc(OCc3ccccc3)c2)cc1Cl)C(=O)OCC. The van der Waals surface area contributed by atoms with Crippen LogP contribution in [0, 0.1) is 5.41 Å². The normalized spacial score (nSPS) is 11.2. The summed E-state index contributed by atoms with van der Waals surface area (Å²) in [6.07, 6.45) is 2.64. The van der Waals surface area contributed by atoms with E-state index in [0.29, 0.717) is 37.3 Å². The first-order chi connectivity index (χ1) is 18.4. The fraction of sp³-hybridized carbons (Fsp3) is 0.375. The Labute approximate surface area is 231 Å². The summed E-state index contributed by atoms with van der Waals surface area (Å²) in [6.45, 7) is 6.25. The summed E-state index contributed by atoms with van der Waals surface area (Å²) in [4.78, 5) is 25.4. The lowest BCUT2D eigenvalue weighted by Crippen LogP contribution is -2.41. The lowest BCUT2D eigenvalue weighted by atomic mass is 9.79. The van der Waals surface area contributed by atoms with Crippen LogP contribution in [-0.2, 0) is 38.5 Å². The fourth-order valence-electron chi connectivity index (χ4n) is 4.50. The fourth-order valence-corrected chi connectivity index (χ4v) is 4.80. The molecule has 0 aliphatic carbocycles. The van der Waals surface area contributed by atoms with Crippen molar-refractivity contribution in [2.45, 2.75) is 59.5 Å². The second-order valence-electron chi connectivity index (χ2n) is 9.25. The molecule has 0 bridgehead atoms. The van der Waals surface area contributed by atoms with Crippen LogP contribution in [0.5, 0.6) is 5.75 Å². The minimum atomic E-state index is -1.29. The van der Waals surface area contributed by atoms with Gasteiger partial charge in [-0.25, -0.2) is 0 Å². The molecule has 0 N–H and O–H groups in total. The van der Waals surface area contributed by atoms with Gasteiger partial charge < -0.3 is 14.2 Å². The first-order valence-electron chi connectivity index (χ1n) is 13.3. The number of halogens is 1. The minimum Gasteiger partial charge on any atom is -0.489 e. The Hall–Kier alpha value is -3.31. The number of esters is 2. The maximum atomic E-state index is 12.7. The van der Waals surface area contributed by atoms with E-state index < -0.39 is 17.4 Å². The smallest absolute Gasteiger partial charge is 0.323 e. The second kappa shape index (κ2) is 14.6. The van der Waals surface area contributed by atoms with Crippen molar-refractivity contribution < 1.29 is 23.8 Å². The molecule has 6 heteroatoms. The Morgan fingerprint density at radius 3 is 2.08 bits per heavy atom. The van der Waals surface area contributed by atoms with Gasteiger partial charge in [-0.15, -0.1) is 0 Å². The zero-order valence-electron chi connectivity index (χ0n) is 22.5. The molecule has 0 radical (unpaired) electrons. The van der Waals surface area contributed by atoms with Gasteiger partial charge >= 0.3 is 11.9 Å². The van der Waals surface area contributed by atoms with Gasteiger partial charge in [0.05, 0.1) is 13.2 Å². The largest absolute Gasteiger partial charge is 0.489 e. The summed E-state index contributed by atoms with van der Waals surface area (Å²) in [7, 11) is 0. The predicted octanol–water partition coefficient (Wildman–Crippen LogP) is 7.36. The zero-order valence-corrected chi connectivity index (χ0v) is 23.3. The van der Waals surface area contributed by atoms with Gasteiger partial charge in [0.15, 0.2) is 5.41 Å². The number of hydrogen-bond acceptors (Lipinski definition) is 5. The Kier molecular flexibility index (Phi) is 11.2. The number of carbonyl (C=O) groups is 2. The molecular formula is C32H37ClO5. The van der Waals surface area contributed by atoms with E-state index in [9.17, 15) is 9.59 Å². The number of ether oxygens (including phenoxy) is 3. The molecule has 3 aromatic carbocycles. The van der Waals surface area contributed by atoms with E-state index in [0.717, 1.165) is 34.4 Å². The Balaban J connectivity index is 1.61. The molecule has 0 unspecified atom stereocenters. The van der Waals surface area contributed by atoms with Crippen LogP contribution in [0.25, 0.3) is 0 Å². The average Bonchev–Trinajstić information content (AvgIpc) is 2.92. The third kappa shape index (κ3) is 7.84. The summed E-state index contributed by atoms with van der Waals surface area (Å²) in [5, 5.41) is 0.674. The van der Waals surface area contributed by atoms with Crippen molar-refractivity contribution in [1.29, 1.82) is 0 Å². The first-order valence-corrected chi connectivity index (χ1v) is 13.7. The van der Waals surface area contributed by atoms with Gasteiger partial charge in [0, 0.05) is 5.02 Å². The van der Waals surface area contributed by atoms with Crippen molar-refractivity contribution in [3.63, 3.8) is 0 Å². The monoisotopic (exact) mass is 536 g/mol. The van der Waals surface area contributed by atoms with Crippen LogP contribution in [-0.4, -0.2) is 25.2 Å². The third-order valence-corrected chi connectivity index (χ3v) is 7.01. The maximum absolute atomic E-state index is 12.7. The van der Waals surface area contributed by atoms with Crippen molar-refractivity contribution in [1.82, 2.24) is 0 Å². The first kappa shape index (κ1) is 29.2. The summed E-state index contributed by atoms with van der Waals surface area (Å²) in [5.41, 5.74) is 3.05. The highest BCUT2D eigenvalue weighted by Gasteiger charge is 2.46. The van der Waals surface area contributed by atoms with Gasteiger partial charge in [0.2, 0.25) is 0 Å². The molecular weight excluding hydrogens is 500 g/mol. The molecule has 202 valence electrons. The Bertz CT molecular complexity index is 1170. The van der Waals surface area contributed by atoms with Crippen molar-refractivity contribution in [2.75, 3.05) is 13.2 Å². The minimum absolute atomic E-state index is 0.218. The van der Waals surface area contributed by atoms with E-state index in [1.807, 2.05) is 61.5 Å². The van der Waals surface area contributed by atoms with Crippen LogP contribution in [0.3, 0.4) is 0 Å². The van der Waals surface area contributed by atoms with Gasteiger partial charge in [-0.05, 0) is 86.4 Å². The standard InChI is InChI=1S/C32H37ClO5/c1-4-32(30(34)36-5-2,31(35)37-6-3)19-11-15-27-18-17-26(22-29(27)33)20-25-14-10-16-28(21-25)38-23-24-12-8-7-9-13-24/h7-10,12-14,16-18,21-22H,4-6,11,15,19-20,23H2,1-3H3. The van der Waals surface area contributed by atoms with Crippen molar-refractivity contribution in [3.05, 3.63) is 100 Å². The number of hydrogen-bond donors (Lipinski definition) is 0. The molecule has 0 fully saturated rings. The van der Waals surface area contributed by atoms with E-state index in [2.05, 4.69) is 18.2 Å². The number of benzene rings is 3. The van der Waals surface area contributed by atoms with Crippen molar-refractivity contribution >= 4 is 23.5 Å². The Morgan fingerprint density at radius 2 is 1.45 bits per heavy atom. The predicted molar refractivity (Wildman–Crippen MR) is 150 cm³/mol. The molecule has 0 atom stereocenters. The van der Waals surface area contributed by atoms with E-state index >= 15 is 0 Å². The van der Waals surface area contributed by atoms with Gasteiger partial charge in [0.25, 0.3) is 0 Å². The van der Waals surface area contributed by atoms with Crippen LogP contribution in [0.4, 0.5) is 0 Å². The third-order valence-electron chi connectivity index (χ3n) is 6.66. The maximum Gasteiger partial charge on any atom is 0.323 e. The molecule has 0 aliphatic heterocycles. The lowest BCUT2D eigenvalue weighted by molar-refractivity contribution is -0.173. The van der Waals surface area contributed by atoms with E-state index in [-0.39, 0.29) is 13.2 Å². The zero-order chi connectivity index (χ0) is 27.4. The number of aryl methyl sites for hydroxylation is 1. The van der Waals surface area contributed by atoms with Crippen molar-refractivity contribution in [2.24, 2.45) is 5.41 Å². The van der Waals surface area contributed by atoms with E-state index in [4.69, 9.17) is 25.8 Å². The van der Waals surface area contributed by atoms with Crippen LogP contribution in [0.15, 0.2) is 72.8 Å². The average molecular weight is 537 g/mol. The quantitative estimate of drug-likeness (QED) is 0.159. The van der Waals surface area contributed by atoms with E-state index in [1.54, 1.807) is 13.8 Å². The van der Waals surface area contributed by atoms with Crippen LogP contribution in [0.1, 0.15) is 62.3 Å². The molecule has 3 rings (SSSR count). The number of carbonyl (C=O) groups excluding carboxylic acids is 2. The van der Waals surface area contributed by atoms with E-state index in [1.165, 1.54) is 0 Å². The van der Waals surface area contributed by atoms with Crippen LogP contribution >= 0.6 is 11.6 Å². The van der Waals surface area contributed by atoms with Gasteiger partial charge in [-0.3, -0.25) is 9.59 Å². The Morgan fingerprint density at radius 1 is 0.789 bits per heavy atom. The molecule has 3 aromatic rings. The summed E-state index contributed by atoms with van der Waals surface area (Å²) in [5.74, 6) is -0.202. The molecule has 0 amide bonds. The molecule has 0 aliphatic rings. The number of rotatable bonds is 14. The molecule has 0 saturated carbocycles. The highest BCUT2D eigenvalue weighted by molar-refractivity contribution is 6.31. The highest BCUT2D eigenvalue weighted by atomic mass is 35.5. The topological polar surface area (TPSA) is 61.8 Å². The molecule has 0 heterocycles. The highest BCUT2D eigenvalue weighted by Crippen LogP contribution is 2.33. The molecule has 5 nitrogen and oxygen atoms in total. The second-order valence-corrected chi connectivity index (χ2v) is 9.66. The van der Waals surface area contributed by atoms with Gasteiger partial charge in [0.1, 0.15) is 12.4 Å². The summed E-state index contributed by atoms with van der Waals surface area (Å²) in [6, 6.07) is 24.3. The molecule has 0 spiro atoms. The molecule has 0 aromatic heterocycles. The lowest BCUT2D eigenvalue weighted by Gasteiger charge is -2.28. The molecule has 38 heavy (non-hydrogen) atoms. The summed E-state index contributed by atoms with van der Waals surface area (Å²) < 4.78 is 16.4. The van der Waals surface area contributed by atoms with Crippen LogP contribution in [0.2, 0.25) is 5.02 Å². The van der Waals surface area contributed by atoms with Crippen LogP contribution < -0.4 is 4.74 Å². The van der Waals surface area contributed by atoms with Crippen molar-refractivity contribution in [3.8, 4) is 5.75 Å².